The Balaban J connectivity index is 2.02. The first-order chi connectivity index (χ1) is 9.66. The summed E-state index contributed by atoms with van der Waals surface area (Å²) in [7, 11) is 0. The first-order valence-corrected chi connectivity index (χ1v) is 8.06. The van der Waals surface area contributed by atoms with Crippen molar-refractivity contribution in [1.82, 2.24) is 0 Å². The van der Waals surface area contributed by atoms with Crippen molar-refractivity contribution in [3.05, 3.63) is 59.7 Å². The molecular weight excluding hydrogens is 264 g/mol. The molecule has 0 bridgehead atoms. The van der Waals surface area contributed by atoms with Crippen molar-refractivity contribution < 1.29 is 4.79 Å². The molecule has 0 saturated carbocycles. The second kappa shape index (κ2) is 5.45. The second-order valence-corrected chi connectivity index (χ2v) is 6.71. The smallest absolute Gasteiger partial charge is 0.176 e. The van der Waals surface area contributed by atoms with Crippen molar-refractivity contribution in [3.63, 3.8) is 0 Å². The van der Waals surface area contributed by atoms with E-state index in [1.807, 2.05) is 18.2 Å². The topological polar surface area (TPSA) is 17.1 Å². The Hall–Kier alpha value is -1.54. The van der Waals surface area contributed by atoms with Crippen LogP contribution in [0.25, 0.3) is 11.1 Å². The highest BCUT2D eigenvalue weighted by Crippen LogP contribution is 2.35. The number of Topliss-reactive ketones (excluding diaryl/α,β-unsaturated/α-hetero) is 1. The van der Waals surface area contributed by atoms with Gasteiger partial charge < -0.3 is 0 Å². The lowest BCUT2D eigenvalue weighted by molar-refractivity contribution is 0.0973. The van der Waals surface area contributed by atoms with Gasteiger partial charge in [-0.05, 0) is 28.7 Å². The highest BCUT2D eigenvalue weighted by atomic mass is 32.2. The number of ketones is 1. The lowest BCUT2D eigenvalue weighted by Crippen LogP contribution is -2.28. The molecule has 0 fully saturated rings. The summed E-state index contributed by atoms with van der Waals surface area (Å²) >= 11 is 1.77. The van der Waals surface area contributed by atoms with Gasteiger partial charge in [0.2, 0.25) is 0 Å². The van der Waals surface area contributed by atoms with E-state index in [4.69, 9.17) is 0 Å². The van der Waals surface area contributed by atoms with Crippen LogP contribution in [0.3, 0.4) is 0 Å². The molecule has 102 valence electrons. The van der Waals surface area contributed by atoms with E-state index in [1.54, 1.807) is 11.8 Å². The minimum absolute atomic E-state index is 0.105. The third kappa shape index (κ3) is 2.40. The summed E-state index contributed by atoms with van der Waals surface area (Å²) in [4.78, 5) is 12.6. The van der Waals surface area contributed by atoms with E-state index < -0.39 is 0 Å². The highest BCUT2D eigenvalue weighted by molar-refractivity contribution is 8.00. The fourth-order valence-electron chi connectivity index (χ4n) is 2.65. The van der Waals surface area contributed by atoms with Crippen LogP contribution >= 0.6 is 11.8 Å². The molecule has 0 saturated heterocycles. The summed E-state index contributed by atoms with van der Waals surface area (Å²) in [5.41, 5.74) is 4.40. The van der Waals surface area contributed by atoms with Gasteiger partial charge in [-0.3, -0.25) is 4.79 Å². The van der Waals surface area contributed by atoms with Crippen molar-refractivity contribution in [1.29, 1.82) is 0 Å². The predicted molar refractivity (Wildman–Crippen MR) is 86.1 cm³/mol. The third-order valence-corrected chi connectivity index (χ3v) is 5.36. The molecule has 1 nitrogen and oxygen atoms in total. The summed E-state index contributed by atoms with van der Waals surface area (Å²) in [5.74, 6) is 1.63. The van der Waals surface area contributed by atoms with Crippen LogP contribution < -0.4 is 0 Å². The zero-order chi connectivity index (χ0) is 14.1. The Kier molecular flexibility index (Phi) is 3.66. The van der Waals surface area contributed by atoms with E-state index in [9.17, 15) is 4.79 Å². The van der Waals surface area contributed by atoms with Gasteiger partial charge in [-0.2, -0.15) is 0 Å². The van der Waals surface area contributed by atoms with Gasteiger partial charge in [0.15, 0.2) is 5.78 Å². The molecule has 2 aromatic rings. The van der Waals surface area contributed by atoms with Gasteiger partial charge in [0, 0.05) is 11.3 Å². The first kappa shape index (κ1) is 13.4. The Bertz CT molecular complexity index is 631. The quantitative estimate of drug-likeness (QED) is 0.786. The molecule has 0 aliphatic carbocycles. The van der Waals surface area contributed by atoms with E-state index >= 15 is 0 Å². The van der Waals surface area contributed by atoms with Gasteiger partial charge >= 0.3 is 0 Å². The van der Waals surface area contributed by atoms with E-state index in [1.165, 1.54) is 11.1 Å². The summed E-state index contributed by atoms with van der Waals surface area (Å²) in [6.07, 6.45) is 0. The van der Waals surface area contributed by atoms with Crippen LogP contribution in [0, 0.1) is 5.92 Å². The van der Waals surface area contributed by atoms with Gasteiger partial charge in [0.25, 0.3) is 0 Å². The van der Waals surface area contributed by atoms with Crippen molar-refractivity contribution >= 4 is 17.5 Å². The average molecular weight is 282 g/mol. The zero-order valence-corrected chi connectivity index (χ0v) is 12.6. The van der Waals surface area contributed by atoms with Crippen LogP contribution in [0.5, 0.6) is 0 Å². The molecule has 1 unspecified atom stereocenters. The number of benzene rings is 2. The molecule has 0 spiro atoms. The number of thioether (sulfide) groups is 1. The highest BCUT2D eigenvalue weighted by Gasteiger charge is 2.30. The van der Waals surface area contributed by atoms with Gasteiger partial charge in [-0.1, -0.05) is 56.3 Å². The van der Waals surface area contributed by atoms with Crippen molar-refractivity contribution in [2.75, 3.05) is 0 Å². The lowest BCUT2D eigenvalue weighted by Gasteiger charge is -2.26. The van der Waals surface area contributed by atoms with Gasteiger partial charge in [-0.15, -0.1) is 11.8 Å². The van der Waals surface area contributed by atoms with Gasteiger partial charge in [0.1, 0.15) is 0 Å². The lowest BCUT2D eigenvalue weighted by atomic mass is 9.93. The van der Waals surface area contributed by atoms with Gasteiger partial charge in [-0.25, -0.2) is 0 Å². The molecule has 1 aliphatic heterocycles. The van der Waals surface area contributed by atoms with E-state index in [2.05, 4.69) is 44.2 Å². The van der Waals surface area contributed by atoms with Crippen molar-refractivity contribution in [2.45, 2.75) is 24.9 Å². The number of carbonyl (C=O) groups is 1. The second-order valence-electron chi connectivity index (χ2n) is 5.58. The standard InChI is InChI=1S/C18H18OS/c1-12(2)18-17(19)16-10-14(8-9-15(16)11-20-18)13-6-4-3-5-7-13/h3-10,12,18H,11H2,1-2H3. The molecule has 0 N–H and O–H groups in total. The SMILES string of the molecule is CC(C)C1SCc2ccc(-c3ccccc3)cc2C1=O. The van der Waals surface area contributed by atoms with Crippen LogP contribution in [0.1, 0.15) is 29.8 Å². The maximum Gasteiger partial charge on any atom is 0.176 e. The van der Waals surface area contributed by atoms with E-state index in [-0.39, 0.29) is 5.25 Å². The fraction of sp³-hybridized carbons (Fsp3) is 0.278. The summed E-state index contributed by atoms with van der Waals surface area (Å²) in [6, 6.07) is 16.6. The summed E-state index contributed by atoms with van der Waals surface area (Å²) in [6.45, 7) is 4.25. The Morgan fingerprint density at radius 1 is 1.05 bits per heavy atom. The predicted octanol–water partition coefficient (Wildman–Crippen LogP) is 4.81. The molecule has 0 amide bonds. The van der Waals surface area contributed by atoms with Crippen molar-refractivity contribution in [2.24, 2.45) is 5.92 Å². The molecule has 3 rings (SSSR count). The number of hydrogen-bond acceptors (Lipinski definition) is 2. The number of hydrogen-bond donors (Lipinski definition) is 0. The molecular formula is C18H18OS. The van der Waals surface area contributed by atoms with Crippen molar-refractivity contribution in [3.8, 4) is 11.1 Å². The third-order valence-electron chi connectivity index (χ3n) is 3.76. The average Bonchev–Trinajstić information content (AvgIpc) is 2.48. The van der Waals surface area contributed by atoms with Gasteiger partial charge in [0.05, 0.1) is 5.25 Å². The van der Waals surface area contributed by atoms with Crippen LogP contribution in [0.2, 0.25) is 0 Å². The molecule has 0 radical (unpaired) electrons. The Labute approximate surface area is 124 Å². The maximum absolute atomic E-state index is 12.6. The number of rotatable bonds is 2. The molecule has 2 aromatic carbocycles. The van der Waals surface area contributed by atoms with Crippen LogP contribution in [-0.4, -0.2) is 11.0 Å². The summed E-state index contributed by atoms with van der Waals surface area (Å²) in [5, 5.41) is 0.105. The van der Waals surface area contributed by atoms with Crippen LogP contribution in [-0.2, 0) is 5.75 Å². The molecule has 1 heterocycles. The number of fused-ring (bicyclic) bond motifs is 1. The largest absolute Gasteiger partial charge is 0.293 e. The minimum Gasteiger partial charge on any atom is -0.293 e. The van der Waals surface area contributed by atoms with Crippen LogP contribution in [0.4, 0.5) is 0 Å². The fourth-order valence-corrected chi connectivity index (χ4v) is 3.92. The maximum atomic E-state index is 12.6. The monoisotopic (exact) mass is 282 g/mol. The normalized spacial score (nSPS) is 18.1. The molecule has 1 atom stereocenters. The van der Waals surface area contributed by atoms with Crippen LogP contribution in [0.15, 0.2) is 48.5 Å². The Morgan fingerprint density at radius 3 is 2.50 bits per heavy atom. The molecule has 20 heavy (non-hydrogen) atoms. The summed E-state index contributed by atoms with van der Waals surface area (Å²) < 4.78 is 0. The zero-order valence-electron chi connectivity index (χ0n) is 11.8. The first-order valence-electron chi connectivity index (χ1n) is 7.01. The molecule has 1 aliphatic rings. The molecule has 0 aromatic heterocycles. The minimum atomic E-state index is 0.105. The van der Waals surface area contributed by atoms with E-state index in [0.717, 1.165) is 16.9 Å². The molecule has 2 heteroatoms. The van der Waals surface area contributed by atoms with E-state index in [0.29, 0.717) is 11.7 Å². The Morgan fingerprint density at radius 2 is 1.80 bits per heavy atom. The number of carbonyl (C=O) groups excluding carboxylic acids is 1.